The first-order valence-electron chi connectivity index (χ1n) is 9.10. The van der Waals surface area contributed by atoms with E-state index in [-0.39, 0.29) is 5.41 Å². The van der Waals surface area contributed by atoms with Gasteiger partial charge >= 0.3 is 6.16 Å². The second kappa shape index (κ2) is 8.17. The molecule has 4 nitrogen and oxygen atoms in total. The van der Waals surface area contributed by atoms with E-state index in [9.17, 15) is 4.79 Å². The Morgan fingerprint density at radius 2 is 1.04 bits per heavy atom. The van der Waals surface area contributed by atoms with Crippen molar-refractivity contribution in [3.05, 3.63) is 78.4 Å². The Morgan fingerprint density at radius 1 is 0.643 bits per heavy atom. The number of ether oxygens (including phenoxy) is 3. The lowest BCUT2D eigenvalue weighted by atomic mass is 9.87. The number of rotatable bonds is 4. The van der Waals surface area contributed by atoms with Crippen molar-refractivity contribution in [2.45, 2.75) is 26.2 Å². The van der Waals surface area contributed by atoms with Crippen LogP contribution in [0, 0.1) is 0 Å². The highest BCUT2D eigenvalue weighted by molar-refractivity contribution is 5.69. The van der Waals surface area contributed by atoms with Crippen molar-refractivity contribution in [2.24, 2.45) is 0 Å². The van der Waals surface area contributed by atoms with Crippen molar-refractivity contribution in [1.29, 1.82) is 0 Å². The minimum Gasteiger partial charge on any atom is -0.497 e. The molecule has 3 rings (SSSR count). The maximum Gasteiger partial charge on any atom is 0.519 e. The number of carbonyl (C=O) groups excluding carboxylic acids is 1. The van der Waals surface area contributed by atoms with Gasteiger partial charge in [-0.1, -0.05) is 57.2 Å². The van der Waals surface area contributed by atoms with Crippen molar-refractivity contribution < 1.29 is 19.0 Å². The van der Waals surface area contributed by atoms with Gasteiger partial charge < -0.3 is 14.2 Å². The van der Waals surface area contributed by atoms with E-state index in [0.29, 0.717) is 11.5 Å². The molecule has 0 aromatic heterocycles. The smallest absolute Gasteiger partial charge is 0.497 e. The fourth-order valence-electron chi connectivity index (χ4n) is 2.74. The highest BCUT2D eigenvalue weighted by Crippen LogP contribution is 2.26. The molecule has 0 heterocycles. The van der Waals surface area contributed by atoms with Crippen molar-refractivity contribution in [1.82, 2.24) is 0 Å². The zero-order chi connectivity index (χ0) is 20.1. The van der Waals surface area contributed by atoms with Gasteiger partial charge in [-0.3, -0.25) is 0 Å². The normalized spacial score (nSPS) is 11.0. The Balaban J connectivity index is 1.61. The predicted octanol–water partition coefficient (Wildman–Crippen LogP) is 6.24. The fraction of sp³-hybridized carbons (Fsp3) is 0.208. The summed E-state index contributed by atoms with van der Waals surface area (Å²) in [6, 6.07) is 22.5. The Kier molecular flexibility index (Phi) is 5.69. The van der Waals surface area contributed by atoms with E-state index in [1.54, 1.807) is 31.4 Å². The molecule has 0 spiro atoms. The highest BCUT2D eigenvalue weighted by Gasteiger charge is 2.14. The van der Waals surface area contributed by atoms with Crippen LogP contribution in [0.25, 0.3) is 11.1 Å². The van der Waals surface area contributed by atoms with Gasteiger partial charge in [0.25, 0.3) is 0 Å². The van der Waals surface area contributed by atoms with Crippen LogP contribution in [0.5, 0.6) is 17.2 Å². The van der Waals surface area contributed by atoms with Crippen molar-refractivity contribution in [2.75, 3.05) is 7.11 Å². The predicted molar refractivity (Wildman–Crippen MR) is 110 cm³/mol. The first kappa shape index (κ1) is 19.5. The number of hydrogen-bond acceptors (Lipinski definition) is 4. The summed E-state index contributed by atoms with van der Waals surface area (Å²) in [6.45, 7) is 6.40. The first-order chi connectivity index (χ1) is 13.3. The van der Waals surface area contributed by atoms with Gasteiger partial charge in [0.2, 0.25) is 0 Å². The van der Waals surface area contributed by atoms with Gasteiger partial charge in [0.15, 0.2) is 0 Å². The van der Waals surface area contributed by atoms with Crippen LogP contribution in [-0.2, 0) is 5.41 Å². The van der Waals surface area contributed by atoms with E-state index in [1.807, 2.05) is 48.5 Å². The molecule has 0 bridgehead atoms. The van der Waals surface area contributed by atoms with Crippen molar-refractivity contribution in [3.8, 4) is 28.4 Å². The van der Waals surface area contributed by atoms with E-state index in [4.69, 9.17) is 14.2 Å². The largest absolute Gasteiger partial charge is 0.519 e. The van der Waals surface area contributed by atoms with Crippen LogP contribution in [0.2, 0.25) is 0 Å². The highest BCUT2D eigenvalue weighted by atomic mass is 16.7. The van der Waals surface area contributed by atoms with Crippen molar-refractivity contribution in [3.63, 3.8) is 0 Å². The van der Waals surface area contributed by atoms with E-state index in [2.05, 4.69) is 20.8 Å². The SMILES string of the molecule is COc1ccc(-c2ccc(OC(=O)Oc3ccc(C(C)(C)C)cc3)cc2)cc1. The Labute approximate surface area is 165 Å². The summed E-state index contributed by atoms with van der Waals surface area (Å²) >= 11 is 0. The molecule has 0 amide bonds. The van der Waals surface area contributed by atoms with Crippen LogP contribution in [-0.4, -0.2) is 13.3 Å². The number of benzene rings is 3. The average Bonchev–Trinajstić information content (AvgIpc) is 2.68. The minimum absolute atomic E-state index is 0.0463. The summed E-state index contributed by atoms with van der Waals surface area (Å²) in [5.74, 6) is 1.68. The van der Waals surface area contributed by atoms with E-state index in [0.717, 1.165) is 16.9 Å². The molecule has 28 heavy (non-hydrogen) atoms. The lowest BCUT2D eigenvalue weighted by Crippen LogP contribution is -2.14. The summed E-state index contributed by atoms with van der Waals surface area (Å²) in [4.78, 5) is 12.0. The molecule has 0 aliphatic carbocycles. The molecule has 0 aliphatic rings. The van der Waals surface area contributed by atoms with Crippen LogP contribution in [0.4, 0.5) is 4.79 Å². The number of methoxy groups -OCH3 is 1. The van der Waals surface area contributed by atoms with Crippen molar-refractivity contribution >= 4 is 6.16 Å². The molecular formula is C24H24O4. The lowest BCUT2D eigenvalue weighted by Gasteiger charge is -2.18. The molecule has 0 saturated heterocycles. The quantitative estimate of drug-likeness (QED) is 0.399. The van der Waals surface area contributed by atoms with Gasteiger partial charge in [0.1, 0.15) is 17.2 Å². The zero-order valence-corrected chi connectivity index (χ0v) is 16.6. The average molecular weight is 376 g/mol. The van der Waals surface area contributed by atoms with Crippen LogP contribution in [0.3, 0.4) is 0 Å². The maximum atomic E-state index is 12.0. The van der Waals surface area contributed by atoms with Gasteiger partial charge in [-0.2, -0.15) is 0 Å². The van der Waals surface area contributed by atoms with Crippen LogP contribution in [0.1, 0.15) is 26.3 Å². The van der Waals surface area contributed by atoms with E-state index < -0.39 is 6.16 Å². The first-order valence-corrected chi connectivity index (χ1v) is 9.10. The molecule has 0 saturated carbocycles. The Morgan fingerprint density at radius 3 is 1.43 bits per heavy atom. The molecular weight excluding hydrogens is 352 g/mol. The number of carbonyl (C=O) groups is 1. The summed E-state index contributed by atoms with van der Waals surface area (Å²) in [5.41, 5.74) is 3.28. The molecule has 0 aliphatic heterocycles. The third-order valence-corrected chi connectivity index (χ3v) is 4.40. The molecule has 144 valence electrons. The Bertz CT molecular complexity index is 918. The molecule has 4 heteroatoms. The standard InChI is InChI=1S/C24H24O4/c1-24(2,3)19-9-15-22(16-10-19)28-23(25)27-21-13-7-18(8-14-21)17-5-11-20(26-4)12-6-17/h5-16H,1-4H3. The molecule has 0 fully saturated rings. The minimum atomic E-state index is -0.763. The van der Waals surface area contributed by atoms with Crippen LogP contribution >= 0.6 is 0 Å². The van der Waals surface area contributed by atoms with Gasteiger partial charge in [-0.25, -0.2) is 4.79 Å². The van der Waals surface area contributed by atoms with Gasteiger partial charge in [-0.15, -0.1) is 0 Å². The van der Waals surface area contributed by atoms with E-state index >= 15 is 0 Å². The summed E-state index contributed by atoms with van der Waals surface area (Å²) < 4.78 is 15.7. The molecule has 3 aromatic carbocycles. The van der Waals surface area contributed by atoms with Gasteiger partial charge in [0.05, 0.1) is 7.11 Å². The monoisotopic (exact) mass is 376 g/mol. The van der Waals surface area contributed by atoms with Crippen LogP contribution < -0.4 is 14.2 Å². The zero-order valence-electron chi connectivity index (χ0n) is 16.6. The summed E-state index contributed by atoms with van der Waals surface area (Å²) in [5, 5.41) is 0. The van der Waals surface area contributed by atoms with Crippen LogP contribution in [0.15, 0.2) is 72.8 Å². The third-order valence-electron chi connectivity index (χ3n) is 4.40. The fourth-order valence-corrected chi connectivity index (χ4v) is 2.74. The van der Waals surface area contributed by atoms with E-state index in [1.165, 1.54) is 5.56 Å². The molecule has 0 unspecified atom stereocenters. The summed E-state index contributed by atoms with van der Waals surface area (Å²) in [7, 11) is 1.64. The third kappa shape index (κ3) is 4.92. The molecule has 0 radical (unpaired) electrons. The van der Waals surface area contributed by atoms with Gasteiger partial charge in [-0.05, 0) is 58.5 Å². The second-order valence-corrected chi connectivity index (χ2v) is 7.48. The lowest BCUT2D eigenvalue weighted by molar-refractivity contribution is 0.152. The molecule has 0 atom stereocenters. The number of hydrogen-bond donors (Lipinski definition) is 0. The maximum absolute atomic E-state index is 12.0. The van der Waals surface area contributed by atoms with Gasteiger partial charge in [0, 0.05) is 0 Å². The Hall–Kier alpha value is -3.27. The summed E-state index contributed by atoms with van der Waals surface area (Å²) in [6.07, 6.45) is -0.763. The molecule has 3 aromatic rings. The topological polar surface area (TPSA) is 44.8 Å². The second-order valence-electron chi connectivity index (χ2n) is 7.48. The molecule has 0 N–H and O–H groups in total.